The lowest BCUT2D eigenvalue weighted by atomic mass is 9.94. The lowest BCUT2D eigenvalue weighted by Crippen LogP contribution is -2.55. The number of rotatable bonds is 13. The van der Waals surface area contributed by atoms with E-state index in [0.29, 0.717) is 55.9 Å². The maximum atomic E-state index is 15.0. The van der Waals surface area contributed by atoms with Crippen LogP contribution in [0.4, 0.5) is 4.39 Å². The van der Waals surface area contributed by atoms with Crippen LogP contribution in [0.25, 0.3) is 6.08 Å². The summed E-state index contributed by atoms with van der Waals surface area (Å²) in [6.07, 6.45) is 8.80. The summed E-state index contributed by atoms with van der Waals surface area (Å²) in [5, 5.41) is 3.81. The van der Waals surface area contributed by atoms with Gasteiger partial charge in [-0.3, -0.25) is 9.59 Å². The maximum absolute atomic E-state index is 15.0. The first-order valence-electron chi connectivity index (χ1n) is 16.7. The number of methoxy groups -OCH3 is 1. The molecule has 2 saturated carbocycles. The molecule has 3 fully saturated rings. The minimum absolute atomic E-state index is 0.00593. The van der Waals surface area contributed by atoms with Crippen molar-refractivity contribution in [3.05, 3.63) is 65.0 Å². The van der Waals surface area contributed by atoms with E-state index in [9.17, 15) is 9.59 Å². The van der Waals surface area contributed by atoms with Crippen molar-refractivity contribution in [2.24, 2.45) is 5.92 Å². The van der Waals surface area contributed by atoms with E-state index in [2.05, 4.69) is 15.2 Å². The molecule has 8 nitrogen and oxygen atoms in total. The van der Waals surface area contributed by atoms with Gasteiger partial charge in [-0.05, 0) is 57.4 Å². The van der Waals surface area contributed by atoms with Gasteiger partial charge in [0.1, 0.15) is 17.6 Å². The van der Waals surface area contributed by atoms with Crippen LogP contribution in [0.15, 0.2) is 42.5 Å². The first-order chi connectivity index (χ1) is 21.8. The van der Waals surface area contributed by atoms with Crippen molar-refractivity contribution < 1.29 is 23.5 Å². The summed E-state index contributed by atoms with van der Waals surface area (Å²) < 4.78 is 26.2. The molecule has 1 aromatic carbocycles. The van der Waals surface area contributed by atoms with Crippen LogP contribution in [0.2, 0.25) is 0 Å². The Balaban J connectivity index is 1.11. The molecular formula is C36H47FN4O4. The van der Waals surface area contributed by atoms with E-state index < -0.39 is 6.17 Å². The van der Waals surface area contributed by atoms with Crippen LogP contribution in [0.1, 0.15) is 92.3 Å². The van der Waals surface area contributed by atoms with Crippen molar-refractivity contribution >= 4 is 17.9 Å². The quantitative estimate of drug-likeness (QED) is 0.298. The van der Waals surface area contributed by atoms with E-state index in [4.69, 9.17) is 9.47 Å². The minimum atomic E-state index is -1.27. The van der Waals surface area contributed by atoms with Crippen molar-refractivity contribution in [1.29, 1.82) is 0 Å². The number of carbonyl (C=O) groups is 2. The van der Waals surface area contributed by atoms with Gasteiger partial charge in [0.25, 0.3) is 5.91 Å². The largest absolute Gasteiger partial charge is 0.493 e. The summed E-state index contributed by atoms with van der Waals surface area (Å²) in [4.78, 5) is 36.0. The Labute approximate surface area is 266 Å². The van der Waals surface area contributed by atoms with Gasteiger partial charge in [-0.2, -0.15) is 0 Å². The molecular weight excluding hydrogens is 571 g/mol. The number of ether oxygens (including phenoxy) is 2. The van der Waals surface area contributed by atoms with E-state index >= 15 is 4.39 Å². The van der Waals surface area contributed by atoms with Crippen LogP contribution < -0.4 is 10.1 Å². The van der Waals surface area contributed by atoms with Gasteiger partial charge in [-0.25, -0.2) is 9.37 Å². The standard InChI is InChI=1S/C36H47FN4O4/c1-24(2)41(35(43)31-20-32(45-18-8-17-44-3)29-11-7-12-30(37)34(29)39-31)28-15-16-36(38-22-28)21-26(36)23-40(27-13-14-27)33(42)19-25-9-5-4-6-10-25/h4-7,9-11,20,24,26-28,30,38H,8,12-19,21-23H2,1-3H3/t26-,28?,30?,36?/m0/s1. The molecule has 6 rings (SSSR count). The molecule has 9 heteroatoms. The van der Waals surface area contributed by atoms with Crippen molar-refractivity contribution in [1.82, 2.24) is 20.1 Å². The summed E-state index contributed by atoms with van der Waals surface area (Å²) in [7, 11) is 1.64. The first-order valence-corrected chi connectivity index (χ1v) is 16.7. The van der Waals surface area contributed by atoms with Crippen LogP contribution in [0, 0.1) is 5.92 Å². The number of nitrogens with one attached hydrogen (secondary N) is 1. The topological polar surface area (TPSA) is 84.0 Å². The number of nitrogens with zero attached hydrogens (tertiary/aromatic N) is 3. The van der Waals surface area contributed by atoms with Gasteiger partial charge in [-0.1, -0.05) is 42.5 Å². The van der Waals surface area contributed by atoms with E-state index in [-0.39, 0.29) is 47.2 Å². The molecule has 0 radical (unpaired) electrons. The lowest BCUT2D eigenvalue weighted by molar-refractivity contribution is -0.131. The number of amides is 2. The second-order valence-electron chi connectivity index (χ2n) is 13.5. The number of pyridine rings is 1. The monoisotopic (exact) mass is 618 g/mol. The minimum Gasteiger partial charge on any atom is -0.493 e. The van der Waals surface area contributed by atoms with Gasteiger partial charge in [0.2, 0.25) is 5.91 Å². The summed E-state index contributed by atoms with van der Waals surface area (Å²) in [5.74, 6) is 0.946. The Hall–Kier alpha value is -3.30. The summed E-state index contributed by atoms with van der Waals surface area (Å²) >= 11 is 0. The number of piperidine rings is 1. The summed E-state index contributed by atoms with van der Waals surface area (Å²) in [6.45, 7) is 6.49. The maximum Gasteiger partial charge on any atom is 0.273 e. The molecule has 1 spiro atoms. The Bertz CT molecular complexity index is 1390. The fraction of sp³-hybridized carbons (Fsp3) is 0.583. The van der Waals surface area contributed by atoms with Crippen LogP contribution in [-0.2, 0) is 16.0 Å². The molecule has 45 heavy (non-hydrogen) atoms. The Morgan fingerprint density at radius 2 is 1.93 bits per heavy atom. The highest BCUT2D eigenvalue weighted by Gasteiger charge is 2.57. The number of aromatic nitrogens is 1. The second kappa shape index (κ2) is 13.6. The third-order valence-corrected chi connectivity index (χ3v) is 9.90. The molecule has 3 unspecified atom stereocenters. The molecule has 1 saturated heterocycles. The summed E-state index contributed by atoms with van der Waals surface area (Å²) in [6, 6.07) is 12.0. The molecule has 2 amide bonds. The van der Waals surface area contributed by atoms with Crippen molar-refractivity contribution in [3.63, 3.8) is 0 Å². The molecule has 1 aliphatic heterocycles. The Morgan fingerprint density at radius 1 is 1.13 bits per heavy atom. The number of carbonyl (C=O) groups excluding carboxylic acids is 2. The average Bonchev–Trinajstić information content (AvgIpc) is 3.97. The highest BCUT2D eigenvalue weighted by molar-refractivity contribution is 5.94. The zero-order valence-electron chi connectivity index (χ0n) is 26.8. The van der Waals surface area contributed by atoms with Crippen molar-refractivity contribution in [2.45, 2.75) is 95.1 Å². The third-order valence-electron chi connectivity index (χ3n) is 9.90. The number of fused-ring (bicyclic) bond motifs is 1. The molecule has 4 atom stereocenters. The SMILES string of the molecule is COCCCOc1cc(C(=O)N(C(C)C)C2CCC3(C[C@H]3CN(C(=O)Cc3ccccc3)C3CC3)NC2)nc2c1C=CCC2F. The van der Waals surface area contributed by atoms with Crippen LogP contribution >= 0.6 is 0 Å². The number of benzene rings is 1. The van der Waals surface area contributed by atoms with Crippen molar-refractivity contribution in [3.8, 4) is 5.75 Å². The van der Waals surface area contributed by atoms with Crippen LogP contribution in [-0.4, -0.2) is 83.7 Å². The van der Waals surface area contributed by atoms with E-state index in [1.165, 1.54) is 0 Å². The fourth-order valence-corrected chi connectivity index (χ4v) is 7.21. The predicted molar refractivity (Wildman–Crippen MR) is 172 cm³/mol. The van der Waals surface area contributed by atoms with Gasteiger partial charge in [-0.15, -0.1) is 0 Å². The summed E-state index contributed by atoms with van der Waals surface area (Å²) in [5.41, 5.74) is 2.21. The molecule has 1 aromatic heterocycles. The smallest absolute Gasteiger partial charge is 0.273 e. The molecule has 1 N–H and O–H groups in total. The van der Waals surface area contributed by atoms with Gasteiger partial charge in [0.05, 0.1) is 18.7 Å². The van der Waals surface area contributed by atoms with Gasteiger partial charge >= 0.3 is 0 Å². The van der Waals surface area contributed by atoms with E-state index in [1.807, 2.05) is 55.2 Å². The van der Waals surface area contributed by atoms with Gasteiger partial charge in [0, 0.05) is 74.9 Å². The number of hydrogen-bond acceptors (Lipinski definition) is 6. The Kier molecular flexibility index (Phi) is 9.57. The zero-order valence-corrected chi connectivity index (χ0v) is 26.8. The Morgan fingerprint density at radius 3 is 2.62 bits per heavy atom. The fourth-order valence-electron chi connectivity index (χ4n) is 7.21. The molecule has 2 heterocycles. The highest BCUT2D eigenvalue weighted by atomic mass is 19.1. The third kappa shape index (κ3) is 7.09. The molecule has 2 aromatic rings. The number of hydrogen-bond donors (Lipinski definition) is 1. The van der Waals surface area contributed by atoms with Gasteiger partial charge < -0.3 is 24.6 Å². The number of halogens is 1. The highest BCUT2D eigenvalue weighted by Crippen LogP contribution is 2.50. The normalized spacial score (nSPS) is 25.2. The lowest BCUT2D eigenvalue weighted by Gasteiger charge is -2.41. The first kappa shape index (κ1) is 31.7. The predicted octanol–water partition coefficient (Wildman–Crippen LogP) is 5.52. The zero-order chi connectivity index (χ0) is 31.6. The van der Waals surface area contributed by atoms with Crippen LogP contribution in [0.3, 0.4) is 0 Å². The van der Waals surface area contributed by atoms with Gasteiger partial charge in [0.15, 0.2) is 0 Å². The number of alkyl halides is 1. The van der Waals surface area contributed by atoms with Crippen molar-refractivity contribution in [2.75, 3.05) is 33.4 Å². The molecule has 4 aliphatic rings. The molecule has 242 valence electrons. The van der Waals surface area contributed by atoms with Crippen LogP contribution in [0.5, 0.6) is 5.75 Å². The molecule has 0 bridgehead atoms. The van der Waals surface area contributed by atoms with E-state index in [1.54, 1.807) is 19.3 Å². The number of allylic oxidation sites excluding steroid dienone is 1. The molecule has 3 aliphatic carbocycles. The van der Waals surface area contributed by atoms with E-state index in [0.717, 1.165) is 44.2 Å². The average molecular weight is 619 g/mol. The second-order valence-corrected chi connectivity index (χ2v) is 13.5.